The van der Waals surface area contributed by atoms with Crippen LogP contribution in [-0.2, 0) is 77.9 Å². The van der Waals surface area contributed by atoms with Gasteiger partial charge >= 0.3 is 77.9 Å². The van der Waals surface area contributed by atoms with Crippen molar-refractivity contribution in [3.63, 3.8) is 0 Å². The van der Waals surface area contributed by atoms with Crippen LogP contribution in [0.25, 0.3) is 0 Å². The molecule has 0 heterocycles. The van der Waals surface area contributed by atoms with Gasteiger partial charge in [0.2, 0.25) is 0 Å². The fraction of sp³-hybridized carbons (Fsp3) is 0.774. The van der Waals surface area contributed by atoms with Gasteiger partial charge < -0.3 is 89.1 Å². The van der Waals surface area contributed by atoms with Crippen molar-refractivity contribution in [2.24, 2.45) is 189 Å². The molecule has 0 amide bonds. The van der Waals surface area contributed by atoms with E-state index in [-0.39, 0.29) is 167 Å². The monoisotopic (exact) mass is 1920 g/mol. The van der Waals surface area contributed by atoms with Crippen molar-refractivity contribution in [1.82, 2.24) is 0 Å². The molecule has 15 aliphatic rings. The SMILES string of the molecule is C1CCC2C(C1)CCC2CC1CCC2CCCCC21.CC(C)CC1CCC2C=C3CCCC3=CC21.CC(C)CC1CCC2C=CC=CC21.CC1C(C)C(C)C(C)C1C.CC1C(C)C(C)C(C)C1C.CC1C(C)C(C)C(C)C1C.CC1CCC2C=C3CCCC3=CC12.CCC.[CH3-].[CH3-].[CH3-].[CH3-].[CH3-].[CH3-].[CH3-].[CH3-].[CH3-].[CH3-].[CH3-].[CH3-].[Hf+4].[Hf+4].[Zr+4]. The second-order valence-corrected chi connectivity index (χ2v) is 38.4. The summed E-state index contributed by atoms with van der Waals surface area (Å²) in [6.07, 6.45) is 61.5. The van der Waals surface area contributed by atoms with Gasteiger partial charge in [0, 0.05) is 0 Å². The Morgan fingerprint density at radius 2 is 0.550 bits per heavy atom. The molecule has 0 aromatic carbocycles. The van der Waals surface area contributed by atoms with Crippen LogP contribution in [-0.4, -0.2) is 0 Å². The number of hydrogen-bond acceptors (Lipinski definition) is 0. The molecule has 634 valence electrons. The molecule has 15 atom stereocenters. The standard InChI is InChI=1S/C19H32.C16H24.C13H18.C13H20.3C10H20.C3H8.12CH3.2Hf.Zr/c1-3-7-18-14(5-1)9-11-16(18)13-17-12-10-15-6-2-4-8-19(15)17;1-11(2)8-14-6-7-15-9-12-4-3-5-13(12)10-16(14)15;1-9-5-6-12-7-10-3-2-4-11(10)8-13(9)12;1-10(2)9-12-8-7-11-5-3-4-6-13(11)12;3*1-6-7(2)9(4)10(5)8(6)3;1-3-2;;;;;;;;;;;;;;;/h14-19H,1-13H2;9-11,14-16H,3-8H2,1-2H3;7-9,12-13H,2-6H2,1H3;3-6,10-13H,7-9H2,1-2H3;3*6-10H,1-5H3;3H2,1-2H3;12*1H3;;;/q;;;;;;;;12*-1;3*+4. The van der Waals surface area contributed by atoms with Crippen molar-refractivity contribution in [1.29, 1.82) is 0 Å². The third-order valence-electron chi connectivity index (χ3n) is 32.5. The molecule has 15 aliphatic carbocycles. The molecule has 12 saturated carbocycles. The van der Waals surface area contributed by atoms with Gasteiger partial charge in [-0.3, -0.25) is 0 Å². The number of allylic oxidation sites excluding steroid dienone is 12. The summed E-state index contributed by atoms with van der Waals surface area (Å²) < 4.78 is 0. The summed E-state index contributed by atoms with van der Waals surface area (Å²) in [7, 11) is 0. The molecule has 0 bridgehead atoms. The Morgan fingerprint density at radius 3 is 0.890 bits per heavy atom. The van der Waals surface area contributed by atoms with Crippen LogP contribution in [0.3, 0.4) is 0 Å². The van der Waals surface area contributed by atoms with Gasteiger partial charge in [0.25, 0.3) is 0 Å². The molecule has 0 nitrogen and oxygen atoms in total. The van der Waals surface area contributed by atoms with Gasteiger partial charge in [-0.2, -0.15) is 0 Å². The first-order valence-corrected chi connectivity index (χ1v) is 43.0. The Labute approximate surface area is 752 Å². The molecule has 0 saturated heterocycles. The Hall–Kier alpha value is 1.06. The third-order valence-corrected chi connectivity index (χ3v) is 32.5. The maximum atomic E-state index is 2.67. The van der Waals surface area contributed by atoms with Gasteiger partial charge in [0.1, 0.15) is 0 Å². The Kier molecular flexibility index (Phi) is 69.8. The van der Waals surface area contributed by atoms with Crippen LogP contribution >= 0.6 is 0 Å². The van der Waals surface area contributed by atoms with Gasteiger partial charge in [-0.25, -0.2) is 0 Å². The summed E-state index contributed by atoms with van der Waals surface area (Å²) in [5.74, 6) is 30.9. The van der Waals surface area contributed by atoms with E-state index in [1.807, 2.05) is 0 Å². The zero-order chi connectivity index (χ0) is 68.2. The summed E-state index contributed by atoms with van der Waals surface area (Å²) in [5.41, 5.74) is 6.84. The van der Waals surface area contributed by atoms with E-state index in [1.54, 1.807) is 106 Å². The molecule has 0 N–H and O–H groups in total. The molecule has 0 radical (unpaired) electrons. The first kappa shape index (κ1) is 126. The van der Waals surface area contributed by atoms with E-state index in [2.05, 4.69) is 201 Å². The minimum Gasteiger partial charge on any atom is -0.358 e. The van der Waals surface area contributed by atoms with Crippen LogP contribution in [0, 0.1) is 278 Å². The summed E-state index contributed by atoms with van der Waals surface area (Å²) >= 11 is 0. The second kappa shape index (κ2) is 60.5. The summed E-state index contributed by atoms with van der Waals surface area (Å²) in [6.45, 7) is 52.1. The van der Waals surface area contributed by atoms with Crippen molar-refractivity contribution in [2.45, 2.75) is 332 Å². The van der Waals surface area contributed by atoms with Gasteiger partial charge in [-0.15, -0.1) is 0 Å². The van der Waals surface area contributed by atoms with Gasteiger partial charge in [0.15, 0.2) is 0 Å². The van der Waals surface area contributed by atoms with E-state index in [1.165, 1.54) is 96.3 Å². The van der Waals surface area contributed by atoms with Gasteiger partial charge in [-0.05, 0) is 347 Å². The molecule has 15 rings (SSSR count). The van der Waals surface area contributed by atoms with Crippen LogP contribution in [0.2, 0.25) is 0 Å². The average Bonchev–Trinajstić information content (AvgIpc) is 1.66. The number of rotatable bonds is 6. The average molecular weight is 1920 g/mol. The smallest absolute Gasteiger partial charge is 0.358 e. The predicted molar refractivity (Wildman–Crippen MR) is 493 cm³/mol. The zero-order valence-electron chi connectivity index (χ0n) is 80.4. The first-order valence-electron chi connectivity index (χ1n) is 43.0. The predicted octanol–water partition coefficient (Wildman–Crippen LogP) is 34.4. The largest absolute Gasteiger partial charge is 4.00 e. The fourth-order valence-corrected chi connectivity index (χ4v) is 24.4. The molecule has 15 unspecified atom stereocenters. The van der Waals surface area contributed by atoms with Crippen molar-refractivity contribution in [3.8, 4) is 0 Å². The molecule has 0 aliphatic heterocycles. The summed E-state index contributed by atoms with van der Waals surface area (Å²) in [6, 6.07) is 0. The molecular formula is C106H198Hf2Zr. The topological polar surface area (TPSA) is 0 Å². The Bertz CT molecular complexity index is 2200. The van der Waals surface area contributed by atoms with Gasteiger partial charge in [0.05, 0.1) is 0 Å². The van der Waals surface area contributed by atoms with Crippen molar-refractivity contribution >= 4 is 0 Å². The first-order chi connectivity index (χ1) is 44.8. The van der Waals surface area contributed by atoms with Crippen LogP contribution in [0.1, 0.15) is 332 Å². The molecular weight excluding hydrogens is 1720 g/mol. The molecule has 0 aromatic rings. The van der Waals surface area contributed by atoms with E-state index in [0.29, 0.717) is 0 Å². The third kappa shape index (κ3) is 32.9. The Morgan fingerprint density at radius 1 is 0.284 bits per heavy atom. The minimum atomic E-state index is 0. The van der Waals surface area contributed by atoms with Crippen molar-refractivity contribution < 1.29 is 77.9 Å². The quantitative estimate of drug-likeness (QED) is 0.184. The van der Waals surface area contributed by atoms with Crippen molar-refractivity contribution in [3.05, 3.63) is 160 Å². The van der Waals surface area contributed by atoms with E-state index < -0.39 is 0 Å². The maximum absolute atomic E-state index is 2.67. The second-order valence-electron chi connectivity index (χ2n) is 38.4. The van der Waals surface area contributed by atoms with Crippen LogP contribution in [0.15, 0.2) is 70.9 Å². The van der Waals surface area contributed by atoms with Crippen molar-refractivity contribution in [2.75, 3.05) is 0 Å². The fourth-order valence-electron chi connectivity index (χ4n) is 24.4. The molecule has 0 aromatic heterocycles. The minimum absolute atomic E-state index is 0. The van der Waals surface area contributed by atoms with Crippen LogP contribution in [0.5, 0.6) is 0 Å². The Balaban J connectivity index is -0.000000179. The number of fused-ring (bicyclic) bond motifs is 7. The maximum Gasteiger partial charge on any atom is 4.00 e. The normalized spacial score (nSPS) is 39.0. The number of hydrogen-bond donors (Lipinski definition) is 0. The molecule has 12 fully saturated rings. The molecule has 109 heavy (non-hydrogen) atoms. The van der Waals surface area contributed by atoms with E-state index in [4.69, 9.17) is 0 Å². The van der Waals surface area contributed by atoms with E-state index >= 15 is 0 Å². The van der Waals surface area contributed by atoms with Crippen LogP contribution < -0.4 is 0 Å². The van der Waals surface area contributed by atoms with E-state index in [9.17, 15) is 0 Å². The van der Waals surface area contributed by atoms with E-state index in [0.717, 1.165) is 189 Å². The van der Waals surface area contributed by atoms with Gasteiger partial charge in [-0.1, -0.05) is 246 Å². The van der Waals surface area contributed by atoms with Crippen LogP contribution in [0.4, 0.5) is 0 Å². The summed E-state index contributed by atoms with van der Waals surface area (Å²) in [5, 5.41) is 0. The zero-order valence-corrected chi connectivity index (χ0v) is 90.0. The molecule has 0 spiro atoms. The molecule has 3 heteroatoms. The summed E-state index contributed by atoms with van der Waals surface area (Å²) in [4.78, 5) is 0.